The number of hydrogen-bond acceptors (Lipinski definition) is 4. The van der Waals surface area contributed by atoms with Crippen LogP contribution >= 0.6 is 11.6 Å². The summed E-state index contributed by atoms with van der Waals surface area (Å²) in [5, 5.41) is 25.6. The number of nitrogens with one attached hydrogen (secondary N) is 2. The van der Waals surface area contributed by atoms with Crippen molar-refractivity contribution in [3.63, 3.8) is 0 Å². The van der Waals surface area contributed by atoms with Gasteiger partial charge in [-0.3, -0.25) is 15.4 Å². The summed E-state index contributed by atoms with van der Waals surface area (Å²) in [6.07, 6.45) is 0. The third-order valence-corrected chi connectivity index (χ3v) is 2.77. The number of amides is 2. The molecule has 3 N–H and O–H groups in total. The van der Waals surface area contributed by atoms with E-state index >= 15 is 0 Å². The maximum atomic E-state index is 11.8. The fourth-order valence-corrected chi connectivity index (χ4v) is 1.84. The summed E-state index contributed by atoms with van der Waals surface area (Å²) >= 11 is 5.78. The number of rotatable bonds is 3. The van der Waals surface area contributed by atoms with Crippen LogP contribution in [0.5, 0.6) is 5.75 Å². The monoisotopic (exact) mass is 307 g/mol. The molecule has 2 amide bonds. The van der Waals surface area contributed by atoms with Gasteiger partial charge in [0.2, 0.25) is 0 Å². The van der Waals surface area contributed by atoms with Crippen LogP contribution in [-0.4, -0.2) is 16.1 Å². The molecule has 0 atom stereocenters. The number of para-hydroxylation sites is 1. The minimum absolute atomic E-state index is 0.276. The van der Waals surface area contributed by atoms with Crippen molar-refractivity contribution in [1.29, 1.82) is 0 Å². The lowest BCUT2D eigenvalue weighted by molar-refractivity contribution is -0.384. The van der Waals surface area contributed by atoms with Gasteiger partial charge in [-0.2, -0.15) is 0 Å². The highest BCUT2D eigenvalue weighted by molar-refractivity contribution is 6.30. The molecule has 0 radical (unpaired) electrons. The van der Waals surface area contributed by atoms with Gasteiger partial charge in [0, 0.05) is 16.8 Å². The van der Waals surface area contributed by atoms with Gasteiger partial charge in [0.1, 0.15) is 5.75 Å². The Morgan fingerprint density at radius 1 is 1.19 bits per heavy atom. The molecule has 21 heavy (non-hydrogen) atoms. The SMILES string of the molecule is O=C(Nc1cccc(Cl)c1)Nc1c(O)cccc1[N+](=O)[O-]. The molecule has 2 aromatic carbocycles. The Kier molecular flexibility index (Phi) is 4.24. The number of nitrogens with zero attached hydrogens (tertiary/aromatic N) is 1. The molecule has 0 heterocycles. The predicted molar refractivity (Wildman–Crippen MR) is 78.9 cm³/mol. The molecule has 0 aromatic heterocycles. The standard InChI is InChI=1S/C13H10ClN3O4/c14-8-3-1-4-9(7-8)15-13(19)16-12-10(17(20)21)5-2-6-11(12)18/h1-7,18H,(H2,15,16,19). The molecule has 0 saturated carbocycles. The summed E-state index contributed by atoms with van der Waals surface area (Å²) in [6, 6.07) is 9.38. The topological polar surface area (TPSA) is 104 Å². The molecule has 7 nitrogen and oxygen atoms in total. The first-order valence-electron chi connectivity index (χ1n) is 5.77. The van der Waals surface area contributed by atoms with E-state index in [1.807, 2.05) is 0 Å². The lowest BCUT2D eigenvalue weighted by Crippen LogP contribution is -2.20. The Labute approximate surface area is 124 Å². The number of benzene rings is 2. The van der Waals surface area contributed by atoms with Gasteiger partial charge in [-0.15, -0.1) is 0 Å². The van der Waals surface area contributed by atoms with Crippen molar-refractivity contribution < 1.29 is 14.8 Å². The molecule has 0 spiro atoms. The van der Waals surface area contributed by atoms with Gasteiger partial charge in [-0.05, 0) is 24.3 Å². The number of urea groups is 1. The Morgan fingerprint density at radius 2 is 1.90 bits per heavy atom. The average molecular weight is 308 g/mol. The lowest BCUT2D eigenvalue weighted by Gasteiger charge is -2.09. The molecule has 0 fully saturated rings. The van der Waals surface area contributed by atoms with Gasteiger partial charge < -0.3 is 10.4 Å². The molecule has 0 saturated heterocycles. The van der Waals surface area contributed by atoms with E-state index < -0.39 is 22.4 Å². The van der Waals surface area contributed by atoms with Crippen molar-refractivity contribution in [1.82, 2.24) is 0 Å². The minimum Gasteiger partial charge on any atom is -0.505 e. The van der Waals surface area contributed by atoms with Crippen molar-refractivity contribution in [2.75, 3.05) is 10.6 Å². The molecule has 2 rings (SSSR count). The van der Waals surface area contributed by atoms with Crippen LogP contribution in [0.2, 0.25) is 5.02 Å². The number of hydrogen-bond donors (Lipinski definition) is 3. The van der Waals surface area contributed by atoms with Gasteiger partial charge in [0.15, 0.2) is 5.69 Å². The number of phenolic OH excluding ortho intramolecular Hbond substituents is 1. The second-order valence-corrected chi connectivity index (χ2v) is 4.45. The van der Waals surface area contributed by atoms with E-state index in [9.17, 15) is 20.0 Å². The molecule has 108 valence electrons. The van der Waals surface area contributed by atoms with Crippen molar-refractivity contribution in [3.8, 4) is 5.75 Å². The molecule has 0 aliphatic carbocycles. The van der Waals surface area contributed by atoms with E-state index in [1.54, 1.807) is 18.2 Å². The fourth-order valence-electron chi connectivity index (χ4n) is 1.65. The summed E-state index contributed by atoms with van der Waals surface area (Å²) in [7, 11) is 0. The molecule has 0 aliphatic heterocycles. The largest absolute Gasteiger partial charge is 0.505 e. The Hall–Kier alpha value is -2.80. The zero-order valence-corrected chi connectivity index (χ0v) is 11.3. The maximum absolute atomic E-state index is 11.8. The van der Waals surface area contributed by atoms with Gasteiger partial charge in [-0.1, -0.05) is 23.7 Å². The predicted octanol–water partition coefficient (Wildman–Crippen LogP) is 3.60. The smallest absolute Gasteiger partial charge is 0.323 e. The highest BCUT2D eigenvalue weighted by Gasteiger charge is 2.19. The number of nitro benzene ring substituents is 1. The normalized spacial score (nSPS) is 9.95. The zero-order chi connectivity index (χ0) is 15.4. The van der Waals surface area contributed by atoms with Gasteiger partial charge in [-0.25, -0.2) is 4.79 Å². The van der Waals surface area contributed by atoms with E-state index in [0.717, 1.165) is 0 Å². The van der Waals surface area contributed by atoms with Crippen LogP contribution in [0, 0.1) is 10.1 Å². The van der Waals surface area contributed by atoms with Crippen molar-refractivity contribution in [2.24, 2.45) is 0 Å². The second kappa shape index (κ2) is 6.10. The average Bonchev–Trinajstić information content (AvgIpc) is 2.40. The number of carbonyl (C=O) groups excluding carboxylic acids is 1. The molecule has 0 bridgehead atoms. The Bertz CT molecular complexity index is 706. The molecular formula is C13H10ClN3O4. The first kappa shape index (κ1) is 14.6. The van der Waals surface area contributed by atoms with E-state index in [2.05, 4.69) is 10.6 Å². The van der Waals surface area contributed by atoms with Gasteiger partial charge in [0.25, 0.3) is 5.69 Å². The van der Waals surface area contributed by atoms with Gasteiger partial charge >= 0.3 is 6.03 Å². The Morgan fingerprint density at radius 3 is 2.57 bits per heavy atom. The summed E-state index contributed by atoms with van der Waals surface area (Å²) in [5.74, 6) is -0.398. The highest BCUT2D eigenvalue weighted by Crippen LogP contribution is 2.33. The van der Waals surface area contributed by atoms with Crippen molar-refractivity contribution in [3.05, 3.63) is 57.6 Å². The van der Waals surface area contributed by atoms with Crippen LogP contribution in [0.3, 0.4) is 0 Å². The van der Waals surface area contributed by atoms with Gasteiger partial charge in [0.05, 0.1) is 4.92 Å². The van der Waals surface area contributed by atoms with E-state index in [-0.39, 0.29) is 5.69 Å². The van der Waals surface area contributed by atoms with Crippen LogP contribution in [0.4, 0.5) is 21.9 Å². The number of phenols is 1. The maximum Gasteiger partial charge on any atom is 0.323 e. The van der Waals surface area contributed by atoms with Crippen LogP contribution in [0.15, 0.2) is 42.5 Å². The number of nitro groups is 1. The van der Waals surface area contributed by atoms with Crippen molar-refractivity contribution >= 4 is 34.7 Å². The lowest BCUT2D eigenvalue weighted by atomic mass is 10.2. The summed E-state index contributed by atoms with van der Waals surface area (Å²) in [6.45, 7) is 0. The second-order valence-electron chi connectivity index (χ2n) is 4.02. The number of carbonyl (C=O) groups is 1. The zero-order valence-electron chi connectivity index (χ0n) is 10.5. The summed E-state index contributed by atoms with van der Waals surface area (Å²) in [4.78, 5) is 22.0. The van der Waals surface area contributed by atoms with Crippen LogP contribution in [0.1, 0.15) is 0 Å². The first-order valence-corrected chi connectivity index (χ1v) is 6.15. The minimum atomic E-state index is -0.734. The van der Waals surface area contributed by atoms with E-state index in [1.165, 1.54) is 24.3 Å². The molecule has 2 aromatic rings. The van der Waals surface area contributed by atoms with Crippen LogP contribution < -0.4 is 10.6 Å². The Balaban J connectivity index is 2.18. The molecule has 0 unspecified atom stereocenters. The third kappa shape index (κ3) is 3.61. The van der Waals surface area contributed by atoms with Crippen LogP contribution in [-0.2, 0) is 0 Å². The van der Waals surface area contributed by atoms with Crippen molar-refractivity contribution in [2.45, 2.75) is 0 Å². The summed E-state index contributed by atoms with van der Waals surface area (Å²) < 4.78 is 0. The van der Waals surface area contributed by atoms with Crippen LogP contribution in [0.25, 0.3) is 0 Å². The molecule has 8 heteroatoms. The first-order chi connectivity index (χ1) is 9.97. The molecular weight excluding hydrogens is 298 g/mol. The fraction of sp³-hybridized carbons (Fsp3) is 0. The highest BCUT2D eigenvalue weighted by atomic mass is 35.5. The van der Waals surface area contributed by atoms with E-state index in [0.29, 0.717) is 10.7 Å². The van der Waals surface area contributed by atoms with E-state index in [4.69, 9.17) is 11.6 Å². The number of halogens is 1. The molecule has 0 aliphatic rings. The summed E-state index contributed by atoms with van der Waals surface area (Å²) in [5.41, 5.74) is -0.267. The third-order valence-electron chi connectivity index (χ3n) is 2.54. The number of anilines is 2. The quantitative estimate of drug-likeness (QED) is 0.457. The number of aromatic hydroxyl groups is 1.